The largest absolute Gasteiger partial charge is 0.481 e. The van der Waals surface area contributed by atoms with Crippen LogP contribution in [0.15, 0.2) is 4.79 Å². The van der Waals surface area contributed by atoms with Gasteiger partial charge in [0.1, 0.15) is 0 Å². The van der Waals surface area contributed by atoms with Gasteiger partial charge in [-0.3, -0.25) is 14.6 Å². The zero-order valence-electron chi connectivity index (χ0n) is 9.57. The lowest BCUT2D eigenvalue weighted by atomic mass is 10.1. The third-order valence-corrected chi connectivity index (χ3v) is 2.22. The number of nitrogens with zero attached hydrogens (tertiary/aromatic N) is 2. The number of aliphatic carboxylic acids is 1. The molecule has 0 bridgehead atoms. The maximum Gasteiger partial charge on any atom is 0.303 e. The fourth-order valence-electron chi connectivity index (χ4n) is 1.33. The van der Waals surface area contributed by atoms with Crippen LogP contribution in [0, 0.1) is 6.92 Å². The molecule has 16 heavy (non-hydrogen) atoms. The summed E-state index contributed by atoms with van der Waals surface area (Å²) in [7, 11) is 3.54. The van der Waals surface area contributed by atoms with Gasteiger partial charge in [0, 0.05) is 31.8 Å². The lowest BCUT2D eigenvalue weighted by Gasteiger charge is -2.12. The third-order valence-electron chi connectivity index (χ3n) is 2.22. The van der Waals surface area contributed by atoms with E-state index in [0.717, 1.165) is 0 Å². The van der Waals surface area contributed by atoms with E-state index in [4.69, 9.17) is 5.11 Å². The van der Waals surface area contributed by atoms with Gasteiger partial charge in [-0.1, -0.05) is 0 Å². The van der Waals surface area contributed by atoms with Crippen molar-refractivity contribution in [3.63, 3.8) is 0 Å². The van der Waals surface area contributed by atoms with Crippen LogP contribution in [0.25, 0.3) is 0 Å². The molecule has 1 rings (SSSR count). The highest BCUT2D eigenvalue weighted by Gasteiger charge is 2.10. The van der Waals surface area contributed by atoms with Crippen LogP contribution >= 0.6 is 0 Å². The predicted octanol–water partition coefficient (Wildman–Crippen LogP) is 0.162. The Morgan fingerprint density at radius 1 is 1.50 bits per heavy atom. The van der Waals surface area contributed by atoms with Crippen LogP contribution in [0.4, 0.5) is 5.95 Å². The minimum absolute atomic E-state index is 0.0626. The highest BCUT2D eigenvalue weighted by Crippen LogP contribution is 2.06. The molecule has 88 valence electrons. The van der Waals surface area contributed by atoms with Crippen molar-refractivity contribution in [2.24, 2.45) is 0 Å². The number of nitrogens with one attached hydrogen (secondary N) is 1. The van der Waals surface area contributed by atoms with Crippen molar-refractivity contribution in [1.29, 1.82) is 0 Å². The zero-order chi connectivity index (χ0) is 12.3. The number of hydrogen-bond donors (Lipinski definition) is 2. The number of aromatic nitrogens is 2. The first-order chi connectivity index (χ1) is 7.41. The molecule has 1 aromatic heterocycles. The van der Waals surface area contributed by atoms with Crippen molar-refractivity contribution in [2.75, 3.05) is 19.0 Å². The molecule has 0 radical (unpaired) electrons. The molecule has 1 aromatic rings. The third kappa shape index (κ3) is 2.82. The molecule has 0 unspecified atom stereocenters. The number of carbonyl (C=O) groups is 1. The quantitative estimate of drug-likeness (QED) is 0.762. The van der Waals surface area contributed by atoms with Crippen LogP contribution in [-0.4, -0.2) is 35.1 Å². The number of carboxylic acid groups (broad SMARTS) is 1. The first-order valence-corrected chi connectivity index (χ1v) is 4.90. The average Bonchev–Trinajstić information content (AvgIpc) is 2.15. The monoisotopic (exact) mass is 225 g/mol. The van der Waals surface area contributed by atoms with Gasteiger partial charge >= 0.3 is 5.97 Å². The molecule has 1 heterocycles. The summed E-state index contributed by atoms with van der Waals surface area (Å²) in [5.41, 5.74) is 0.749. The number of aryl methyl sites for hydroxylation is 1. The van der Waals surface area contributed by atoms with Crippen molar-refractivity contribution in [3.05, 3.63) is 21.6 Å². The fourth-order valence-corrected chi connectivity index (χ4v) is 1.33. The van der Waals surface area contributed by atoms with Crippen LogP contribution in [0.1, 0.15) is 17.7 Å². The molecule has 0 aliphatic heterocycles. The number of rotatable bonds is 4. The summed E-state index contributed by atoms with van der Waals surface area (Å²) in [6.07, 6.45) is 0.143. The van der Waals surface area contributed by atoms with Crippen molar-refractivity contribution >= 4 is 11.9 Å². The first kappa shape index (κ1) is 12.2. The topological polar surface area (TPSA) is 86.3 Å². The maximum absolute atomic E-state index is 11.7. The van der Waals surface area contributed by atoms with Crippen LogP contribution in [0.2, 0.25) is 0 Å². The molecular weight excluding hydrogens is 210 g/mol. The SMILES string of the molecule is Cc1nc(N(C)C)[nH]c(=O)c1CCC(=O)O. The molecule has 0 spiro atoms. The van der Waals surface area contributed by atoms with Crippen molar-refractivity contribution < 1.29 is 9.90 Å². The molecule has 6 nitrogen and oxygen atoms in total. The summed E-state index contributed by atoms with van der Waals surface area (Å²) in [6.45, 7) is 1.71. The van der Waals surface area contributed by atoms with Crippen molar-refractivity contribution in [3.8, 4) is 0 Å². The highest BCUT2D eigenvalue weighted by atomic mass is 16.4. The average molecular weight is 225 g/mol. The Morgan fingerprint density at radius 3 is 2.56 bits per heavy atom. The van der Waals surface area contributed by atoms with E-state index in [1.165, 1.54) is 0 Å². The van der Waals surface area contributed by atoms with Crippen LogP contribution in [0.3, 0.4) is 0 Å². The minimum Gasteiger partial charge on any atom is -0.481 e. The zero-order valence-corrected chi connectivity index (χ0v) is 9.57. The predicted molar refractivity (Wildman–Crippen MR) is 59.9 cm³/mol. The Balaban J connectivity index is 3.03. The van der Waals surface area contributed by atoms with Gasteiger partial charge in [-0.05, 0) is 13.3 Å². The highest BCUT2D eigenvalue weighted by molar-refractivity contribution is 5.67. The maximum atomic E-state index is 11.7. The van der Waals surface area contributed by atoms with Crippen LogP contribution in [0.5, 0.6) is 0 Å². The molecule has 0 atom stereocenters. The van der Waals surface area contributed by atoms with Gasteiger partial charge in [0.25, 0.3) is 5.56 Å². The fraction of sp³-hybridized carbons (Fsp3) is 0.500. The minimum atomic E-state index is -0.921. The number of hydrogen-bond acceptors (Lipinski definition) is 4. The molecule has 0 aliphatic rings. The van der Waals surface area contributed by atoms with Gasteiger partial charge in [-0.15, -0.1) is 0 Å². The molecule has 0 saturated heterocycles. The summed E-state index contributed by atoms with van der Waals surface area (Å²) in [5, 5.41) is 8.56. The van der Waals surface area contributed by atoms with Crippen LogP contribution in [-0.2, 0) is 11.2 Å². The molecular formula is C10H15N3O3. The normalized spacial score (nSPS) is 10.2. The van der Waals surface area contributed by atoms with Gasteiger partial charge in [0.2, 0.25) is 5.95 Å². The van der Waals surface area contributed by atoms with Gasteiger partial charge in [-0.2, -0.15) is 0 Å². The first-order valence-electron chi connectivity index (χ1n) is 4.90. The van der Waals surface area contributed by atoms with Gasteiger partial charge in [0.05, 0.1) is 0 Å². The number of aromatic amines is 1. The van der Waals surface area contributed by atoms with E-state index in [1.54, 1.807) is 25.9 Å². The Hall–Kier alpha value is -1.85. The standard InChI is InChI=1S/C10H15N3O3/c1-6-7(4-5-8(14)15)9(16)12-10(11-6)13(2)3/h4-5H2,1-3H3,(H,14,15)(H,11,12,16). The summed E-state index contributed by atoms with van der Waals surface area (Å²) in [6, 6.07) is 0. The number of carboxylic acids is 1. The molecule has 0 saturated carbocycles. The second-order valence-electron chi connectivity index (χ2n) is 3.74. The van der Waals surface area contributed by atoms with Gasteiger partial charge in [0.15, 0.2) is 0 Å². The summed E-state index contributed by atoms with van der Waals surface area (Å²) in [4.78, 5) is 30.6. The molecule has 6 heteroatoms. The van der Waals surface area contributed by atoms with E-state index in [2.05, 4.69) is 9.97 Å². The second kappa shape index (κ2) is 4.78. The number of anilines is 1. The second-order valence-corrected chi connectivity index (χ2v) is 3.74. The van der Waals surface area contributed by atoms with E-state index >= 15 is 0 Å². The molecule has 2 N–H and O–H groups in total. The van der Waals surface area contributed by atoms with E-state index < -0.39 is 5.97 Å². The Kier molecular flexibility index (Phi) is 3.65. The van der Waals surface area contributed by atoms with Gasteiger partial charge < -0.3 is 10.0 Å². The molecule has 0 fully saturated rings. The lowest BCUT2D eigenvalue weighted by Crippen LogP contribution is -2.23. The van der Waals surface area contributed by atoms with E-state index in [9.17, 15) is 9.59 Å². The molecule has 0 aromatic carbocycles. The smallest absolute Gasteiger partial charge is 0.303 e. The van der Waals surface area contributed by atoms with E-state index in [1.807, 2.05) is 0 Å². The Labute approximate surface area is 92.9 Å². The molecule has 0 amide bonds. The molecule has 0 aliphatic carbocycles. The van der Waals surface area contributed by atoms with E-state index in [-0.39, 0.29) is 18.4 Å². The van der Waals surface area contributed by atoms with Crippen molar-refractivity contribution in [2.45, 2.75) is 19.8 Å². The lowest BCUT2D eigenvalue weighted by molar-refractivity contribution is -0.136. The van der Waals surface area contributed by atoms with Gasteiger partial charge in [-0.25, -0.2) is 4.98 Å². The number of H-pyrrole nitrogens is 1. The Bertz CT molecular complexity index is 451. The van der Waals surface area contributed by atoms with Crippen molar-refractivity contribution in [1.82, 2.24) is 9.97 Å². The van der Waals surface area contributed by atoms with Crippen LogP contribution < -0.4 is 10.5 Å². The summed E-state index contributed by atoms with van der Waals surface area (Å²) < 4.78 is 0. The Morgan fingerprint density at radius 2 is 2.12 bits per heavy atom. The van der Waals surface area contributed by atoms with E-state index in [0.29, 0.717) is 17.2 Å². The summed E-state index contributed by atoms with van der Waals surface area (Å²) in [5.74, 6) is -0.447. The summed E-state index contributed by atoms with van der Waals surface area (Å²) >= 11 is 0.